The molecule has 0 bridgehead atoms. The van der Waals surface area contributed by atoms with Crippen LogP contribution in [0.25, 0.3) is 10.9 Å². The van der Waals surface area contributed by atoms with Crippen molar-refractivity contribution in [1.82, 2.24) is 15.6 Å². The average molecular weight is 492 g/mol. The van der Waals surface area contributed by atoms with Crippen LogP contribution in [0.5, 0.6) is 0 Å². The SMILES string of the molecule is CN=C(NCCc1ccc(F)cc1C)NCCc1cccc2cccnc12.I. The fourth-order valence-corrected chi connectivity index (χ4v) is 3.16. The molecule has 0 aliphatic heterocycles. The number of para-hydroxylation sites is 1. The Balaban J connectivity index is 0.00000280. The molecule has 3 aromatic rings. The van der Waals surface area contributed by atoms with E-state index in [0.717, 1.165) is 53.9 Å². The predicted molar refractivity (Wildman–Crippen MR) is 125 cm³/mol. The molecule has 0 aliphatic carbocycles. The number of nitrogens with zero attached hydrogens (tertiary/aromatic N) is 2. The van der Waals surface area contributed by atoms with Gasteiger partial charge in [-0.1, -0.05) is 30.3 Å². The van der Waals surface area contributed by atoms with E-state index < -0.39 is 0 Å². The normalized spacial score (nSPS) is 11.2. The average Bonchev–Trinajstić information content (AvgIpc) is 2.68. The number of aromatic nitrogens is 1. The van der Waals surface area contributed by atoms with Gasteiger partial charge in [-0.15, -0.1) is 24.0 Å². The molecule has 0 fully saturated rings. The minimum atomic E-state index is -0.190. The molecule has 2 N–H and O–H groups in total. The molecule has 28 heavy (non-hydrogen) atoms. The number of hydrogen-bond acceptors (Lipinski definition) is 2. The van der Waals surface area contributed by atoms with Crippen LogP contribution in [0.4, 0.5) is 4.39 Å². The Morgan fingerprint density at radius 3 is 2.43 bits per heavy atom. The molecule has 148 valence electrons. The zero-order valence-corrected chi connectivity index (χ0v) is 18.5. The Hall–Kier alpha value is -2.22. The summed E-state index contributed by atoms with van der Waals surface area (Å²) in [6.45, 7) is 3.44. The van der Waals surface area contributed by atoms with E-state index in [0.29, 0.717) is 0 Å². The highest BCUT2D eigenvalue weighted by Gasteiger charge is 2.04. The lowest BCUT2D eigenvalue weighted by Crippen LogP contribution is -2.39. The number of fused-ring (bicyclic) bond motifs is 1. The Morgan fingerprint density at radius 1 is 1.00 bits per heavy atom. The van der Waals surface area contributed by atoms with Crippen molar-refractivity contribution in [3.05, 3.63) is 77.2 Å². The van der Waals surface area contributed by atoms with Gasteiger partial charge in [0.1, 0.15) is 5.82 Å². The van der Waals surface area contributed by atoms with Gasteiger partial charge in [-0.25, -0.2) is 4.39 Å². The number of pyridine rings is 1. The van der Waals surface area contributed by atoms with Crippen molar-refractivity contribution in [2.45, 2.75) is 19.8 Å². The van der Waals surface area contributed by atoms with Crippen molar-refractivity contribution >= 4 is 40.8 Å². The molecular weight excluding hydrogens is 466 g/mol. The van der Waals surface area contributed by atoms with Crippen molar-refractivity contribution in [2.24, 2.45) is 4.99 Å². The number of benzene rings is 2. The Labute approximate surface area is 182 Å². The molecule has 0 saturated heterocycles. The van der Waals surface area contributed by atoms with E-state index in [1.54, 1.807) is 13.1 Å². The number of aryl methyl sites for hydroxylation is 1. The standard InChI is InChI=1S/C22H25FN4.HI/c1-16-15-20(23)9-8-17(16)10-13-26-22(24-2)27-14-11-19-6-3-5-18-7-4-12-25-21(18)19;/h3-9,12,15H,10-11,13-14H2,1-2H3,(H2,24,26,27);1H. The van der Waals surface area contributed by atoms with Crippen LogP contribution >= 0.6 is 24.0 Å². The van der Waals surface area contributed by atoms with Gasteiger partial charge in [0, 0.05) is 31.7 Å². The van der Waals surface area contributed by atoms with Crippen LogP contribution in [-0.2, 0) is 12.8 Å². The third-order valence-electron chi connectivity index (χ3n) is 4.62. The maximum absolute atomic E-state index is 13.2. The fraction of sp³-hybridized carbons (Fsp3) is 0.273. The van der Waals surface area contributed by atoms with Crippen molar-refractivity contribution in [1.29, 1.82) is 0 Å². The fourth-order valence-electron chi connectivity index (χ4n) is 3.16. The number of aliphatic imine (C=N–C) groups is 1. The van der Waals surface area contributed by atoms with Crippen LogP contribution in [0.15, 0.2) is 59.7 Å². The summed E-state index contributed by atoms with van der Waals surface area (Å²) in [4.78, 5) is 8.76. The molecule has 0 unspecified atom stereocenters. The number of hydrogen-bond donors (Lipinski definition) is 2. The van der Waals surface area contributed by atoms with Gasteiger partial charge in [0.05, 0.1) is 5.52 Å². The highest BCUT2D eigenvalue weighted by molar-refractivity contribution is 14.0. The van der Waals surface area contributed by atoms with Gasteiger partial charge in [-0.3, -0.25) is 9.98 Å². The van der Waals surface area contributed by atoms with Crippen LogP contribution in [0.3, 0.4) is 0 Å². The second-order valence-electron chi connectivity index (χ2n) is 6.49. The van der Waals surface area contributed by atoms with Crippen molar-refractivity contribution < 1.29 is 4.39 Å². The number of rotatable bonds is 6. The van der Waals surface area contributed by atoms with E-state index in [2.05, 4.69) is 44.9 Å². The highest BCUT2D eigenvalue weighted by atomic mass is 127. The van der Waals surface area contributed by atoms with Crippen LogP contribution < -0.4 is 10.6 Å². The Kier molecular flexibility index (Phi) is 8.63. The largest absolute Gasteiger partial charge is 0.356 e. The van der Waals surface area contributed by atoms with E-state index in [9.17, 15) is 4.39 Å². The summed E-state index contributed by atoms with van der Waals surface area (Å²) in [5.74, 6) is 0.576. The molecule has 0 aliphatic rings. The molecule has 0 spiro atoms. The molecule has 4 nitrogen and oxygen atoms in total. The summed E-state index contributed by atoms with van der Waals surface area (Å²) in [6.07, 6.45) is 3.52. The number of halogens is 2. The Morgan fingerprint density at radius 2 is 1.71 bits per heavy atom. The third-order valence-corrected chi connectivity index (χ3v) is 4.62. The molecular formula is C22H26FIN4. The minimum Gasteiger partial charge on any atom is -0.356 e. The molecule has 2 aromatic carbocycles. The molecule has 0 saturated carbocycles. The maximum Gasteiger partial charge on any atom is 0.190 e. The van der Waals surface area contributed by atoms with Crippen LogP contribution in [0, 0.1) is 12.7 Å². The lowest BCUT2D eigenvalue weighted by molar-refractivity contribution is 0.625. The molecule has 0 amide bonds. The van der Waals surface area contributed by atoms with Gasteiger partial charge >= 0.3 is 0 Å². The van der Waals surface area contributed by atoms with Crippen LogP contribution in [0.2, 0.25) is 0 Å². The minimum absolute atomic E-state index is 0. The van der Waals surface area contributed by atoms with Gasteiger partial charge in [0.25, 0.3) is 0 Å². The highest BCUT2D eigenvalue weighted by Crippen LogP contribution is 2.16. The lowest BCUT2D eigenvalue weighted by atomic mass is 10.1. The van der Waals surface area contributed by atoms with Gasteiger partial charge in [0.15, 0.2) is 5.96 Å². The van der Waals surface area contributed by atoms with Gasteiger partial charge in [0.2, 0.25) is 0 Å². The molecule has 0 atom stereocenters. The predicted octanol–water partition coefficient (Wildman–Crippen LogP) is 4.25. The van der Waals surface area contributed by atoms with Crippen molar-refractivity contribution in [3.63, 3.8) is 0 Å². The van der Waals surface area contributed by atoms with Crippen LogP contribution in [0.1, 0.15) is 16.7 Å². The smallest absolute Gasteiger partial charge is 0.190 e. The molecule has 0 radical (unpaired) electrons. The van der Waals surface area contributed by atoms with E-state index in [1.165, 1.54) is 11.6 Å². The zero-order valence-electron chi connectivity index (χ0n) is 16.2. The summed E-state index contributed by atoms with van der Waals surface area (Å²) < 4.78 is 13.2. The first-order valence-corrected chi connectivity index (χ1v) is 9.19. The summed E-state index contributed by atoms with van der Waals surface area (Å²) in [5.41, 5.74) is 4.39. The van der Waals surface area contributed by atoms with Gasteiger partial charge in [-0.2, -0.15) is 0 Å². The van der Waals surface area contributed by atoms with E-state index in [1.807, 2.05) is 25.3 Å². The quantitative estimate of drug-likeness (QED) is 0.308. The summed E-state index contributed by atoms with van der Waals surface area (Å²) in [6, 6.07) is 15.2. The summed E-state index contributed by atoms with van der Waals surface area (Å²) >= 11 is 0. The zero-order chi connectivity index (χ0) is 19.1. The topological polar surface area (TPSA) is 49.3 Å². The first-order chi connectivity index (χ1) is 13.2. The molecule has 1 aromatic heterocycles. The first-order valence-electron chi connectivity index (χ1n) is 9.19. The maximum atomic E-state index is 13.2. The van der Waals surface area contributed by atoms with Crippen LogP contribution in [-0.4, -0.2) is 31.1 Å². The van der Waals surface area contributed by atoms with Gasteiger partial charge < -0.3 is 10.6 Å². The number of guanidine groups is 1. The van der Waals surface area contributed by atoms with Gasteiger partial charge in [-0.05, 0) is 54.7 Å². The monoisotopic (exact) mass is 492 g/mol. The van der Waals surface area contributed by atoms with Crippen molar-refractivity contribution in [2.75, 3.05) is 20.1 Å². The molecule has 1 heterocycles. The van der Waals surface area contributed by atoms with E-state index in [4.69, 9.17) is 0 Å². The summed E-state index contributed by atoms with van der Waals surface area (Å²) in [5, 5.41) is 7.82. The third kappa shape index (κ3) is 5.89. The second-order valence-corrected chi connectivity index (χ2v) is 6.49. The summed E-state index contributed by atoms with van der Waals surface area (Å²) in [7, 11) is 1.76. The molecule has 3 rings (SSSR count). The van der Waals surface area contributed by atoms with E-state index >= 15 is 0 Å². The van der Waals surface area contributed by atoms with E-state index in [-0.39, 0.29) is 29.8 Å². The molecule has 6 heteroatoms. The Bertz CT molecular complexity index is 937. The first kappa shape index (κ1) is 22.1. The number of nitrogens with one attached hydrogen (secondary N) is 2. The lowest BCUT2D eigenvalue weighted by Gasteiger charge is -2.13. The second kappa shape index (κ2) is 10.9. The van der Waals surface area contributed by atoms with Crippen molar-refractivity contribution in [3.8, 4) is 0 Å².